The summed E-state index contributed by atoms with van der Waals surface area (Å²) in [6.45, 7) is 5.58. The zero-order valence-corrected chi connectivity index (χ0v) is 12.1. The van der Waals surface area contributed by atoms with Gasteiger partial charge >= 0.3 is 6.18 Å². The number of alkyl halides is 3. The second-order valence-corrected chi connectivity index (χ2v) is 5.61. The van der Waals surface area contributed by atoms with Crippen molar-refractivity contribution in [1.29, 1.82) is 0 Å². The first-order valence-electron chi connectivity index (χ1n) is 6.93. The van der Waals surface area contributed by atoms with Crippen molar-refractivity contribution in [2.24, 2.45) is 5.92 Å². The number of piperidine rings is 1. The van der Waals surface area contributed by atoms with Crippen LogP contribution in [0.15, 0.2) is 18.2 Å². The number of hydrogen-bond donors (Lipinski definition) is 1. The second kappa shape index (κ2) is 5.64. The molecule has 0 amide bonds. The van der Waals surface area contributed by atoms with Gasteiger partial charge in [0, 0.05) is 24.8 Å². The number of nitrogens with zero attached hydrogens (tertiary/aromatic N) is 1. The molecule has 1 N–H and O–H groups in total. The van der Waals surface area contributed by atoms with Crippen molar-refractivity contribution in [3.05, 3.63) is 29.3 Å². The predicted octanol–water partition coefficient (Wildman–Crippen LogP) is 3.45. The van der Waals surface area contributed by atoms with E-state index in [1.807, 2.05) is 14.0 Å². The second-order valence-electron chi connectivity index (χ2n) is 5.61. The quantitative estimate of drug-likeness (QED) is 0.896. The molecule has 0 aliphatic carbocycles. The summed E-state index contributed by atoms with van der Waals surface area (Å²) in [5, 5.41) is 3.27. The minimum Gasteiger partial charge on any atom is -0.371 e. The van der Waals surface area contributed by atoms with Crippen LogP contribution in [0, 0.1) is 12.8 Å². The van der Waals surface area contributed by atoms with E-state index in [-0.39, 0.29) is 0 Å². The number of aryl methyl sites for hydroxylation is 1. The molecule has 1 saturated heterocycles. The first-order chi connectivity index (χ1) is 9.32. The summed E-state index contributed by atoms with van der Waals surface area (Å²) in [5.41, 5.74) is 1.04. The molecule has 1 heterocycles. The van der Waals surface area contributed by atoms with E-state index in [1.54, 1.807) is 6.07 Å². The molecule has 20 heavy (non-hydrogen) atoms. The largest absolute Gasteiger partial charge is 0.416 e. The van der Waals surface area contributed by atoms with Crippen LogP contribution >= 0.6 is 0 Å². The zero-order chi connectivity index (χ0) is 14.9. The van der Waals surface area contributed by atoms with Gasteiger partial charge in [0.2, 0.25) is 0 Å². The maximum absolute atomic E-state index is 12.8. The van der Waals surface area contributed by atoms with Crippen LogP contribution in [0.4, 0.5) is 18.9 Å². The summed E-state index contributed by atoms with van der Waals surface area (Å²) >= 11 is 0. The molecule has 0 radical (unpaired) electrons. The highest BCUT2D eigenvalue weighted by molar-refractivity contribution is 5.56. The summed E-state index contributed by atoms with van der Waals surface area (Å²) in [5.74, 6) is 0.419. The minimum atomic E-state index is -4.28. The van der Waals surface area contributed by atoms with Crippen LogP contribution in [-0.4, -0.2) is 26.2 Å². The molecule has 1 aromatic carbocycles. The van der Waals surface area contributed by atoms with Crippen LogP contribution in [0.5, 0.6) is 0 Å². The molecule has 2 unspecified atom stereocenters. The van der Waals surface area contributed by atoms with Crippen molar-refractivity contribution in [2.45, 2.75) is 32.5 Å². The van der Waals surface area contributed by atoms with Crippen molar-refractivity contribution < 1.29 is 13.2 Å². The van der Waals surface area contributed by atoms with Crippen molar-refractivity contribution in [3.8, 4) is 0 Å². The Morgan fingerprint density at radius 3 is 2.55 bits per heavy atom. The van der Waals surface area contributed by atoms with Crippen molar-refractivity contribution in [3.63, 3.8) is 0 Å². The molecule has 0 spiro atoms. The molecule has 2 nitrogen and oxygen atoms in total. The number of rotatable bonds is 2. The van der Waals surface area contributed by atoms with Crippen LogP contribution in [0.1, 0.15) is 24.5 Å². The van der Waals surface area contributed by atoms with E-state index in [0.29, 0.717) is 17.6 Å². The summed E-state index contributed by atoms with van der Waals surface area (Å²) in [6, 6.07) is 4.44. The lowest BCUT2D eigenvalue weighted by Crippen LogP contribution is -2.47. The third-order valence-electron chi connectivity index (χ3n) is 4.15. The molecule has 0 bridgehead atoms. The van der Waals surface area contributed by atoms with Crippen LogP contribution < -0.4 is 10.2 Å². The van der Waals surface area contributed by atoms with E-state index in [2.05, 4.69) is 17.1 Å². The third kappa shape index (κ3) is 3.08. The Hall–Kier alpha value is -1.23. The Kier molecular flexibility index (Phi) is 4.28. The van der Waals surface area contributed by atoms with Crippen LogP contribution in [0.3, 0.4) is 0 Å². The molecule has 1 fully saturated rings. The standard InChI is InChI=1S/C15H21F3N2/c1-10-4-5-12(15(16,17)18)8-14(10)20-7-6-13(19-3)11(2)9-20/h4-5,8,11,13,19H,6-7,9H2,1-3H3. The van der Waals surface area contributed by atoms with Crippen molar-refractivity contribution >= 4 is 5.69 Å². The number of nitrogens with one attached hydrogen (secondary N) is 1. The smallest absolute Gasteiger partial charge is 0.371 e. The van der Waals surface area contributed by atoms with Gasteiger partial charge in [-0.1, -0.05) is 13.0 Å². The van der Waals surface area contributed by atoms with Gasteiger partial charge in [-0.2, -0.15) is 13.2 Å². The highest BCUT2D eigenvalue weighted by atomic mass is 19.4. The SMILES string of the molecule is CNC1CCN(c2cc(C(F)(F)F)ccc2C)CC1C. The normalized spacial score (nSPS) is 24.0. The van der Waals surface area contributed by atoms with Crippen LogP contribution in [0.2, 0.25) is 0 Å². The van der Waals surface area contributed by atoms with E-state index in [4.69, 9.17) is 0 Å². The summed E-state index contributed by atoms with van der Waals surface area (Å²) < 4.78 is 38.5. The minimum absolute atomic E-state index is 0.419. The summed E-state index contributed by atoms with van der Waals surface area (Å²) in [4.78, 5) is 2.07. The van der Waals surface area contributed by atoms with Gasteiger partial charge in [0.1, 0.15) is 0 Å². The van der Waals surface area contributed by atoms with Crippen molar-refractivity contribution in [1.82, 2.24) is 5.32 Å². The van der Waals surface area contributed by atoms with E-state index in [0.717, 1.165) is 31.1 Å². The van der Waals surface area contributed by atoms with Gasteiger partial charge in [-0.3, -0.25) is 0 Å². The Balaban J connectivity index is 2.25. The van der Waals surface area contributed by atoms with E-state index >= 15 is 0 Å². The summed E-state index contributed by atoms with van der Waals surface area (Å²) in [7, 11) is 1.94. The molecule has 2 atom stereocenters. The topological polar surface area (TPSA) is 15.3 Å². The Morgan fingerprint density at radius 1 is 1.30 bits per heavy atom. The Labute approximate surface area is 118 Å². The summed E-state index contributed by atoms with van der Waals surface area (Å²) in [6.07, 6.45) is -3.33. The number of hydrogen-bond acceptors (Lipinski definition) is 2. The van der Waals surface area contributed by atoms with Gasteiger partial charge < -0.3 is 10.2 Å². The van der Waals surface area contributed by atoms with Gasteiger partial charge in [0.25, 0.3) is 0 Å². The van der Waals surface area contributed by atoms with Crippen LogP contribution in [0.25, 0.3) is 0 Å². The molecular weight excluding hydrogens is 265 g/mol. The molecule has 0 aromatic heterocycles. The zero-order valence-electron chi connectivity index (χ0n) is 12.1. The van der Waals surface area contributed by atoms with Gasteiger partial charge in [0.15, 0.2) is 0 Å². The number of anilines is 1. The Morgan fingerprint density at radius 2 is 2.00 bits per heavy atom. The number of halogens is 3. The van der Waals surface area contributed by atoms with Gasteiger partial charge in [0.05, 0.1) is 5.56 Å². The molecular formula is C15H21F3N2. The molecule has 1 aliphatic heterocycles. The van der Waals surface area contributed by atoms with Gasteiger partial charge in [-0.05, 0) is 44.0 Å². The lowest BCUT2D eigenvalue weighted by atomic mass is 9.93. The van der Waals surface area contributed by atoms with Gasteiger partial charge in [-0.15, -0.1) is 0 Å². The molecule has 2 rings (SSSR count). The highest BCUT2D eigenvalue weighted by Gasteiger charge is 2.32. The fourth-order valence-electron chi connectivity index (χ4n) is 2.92. The van der Waals surface area contributed by atoms with Gasteiger partial charge in [-0.25, -0.2) is 0 Å². The van der Waals surface area contributed by atoms with E-state index in [9.17, 15) is 13.2 Å². The third-order valence-corrected chi connectivity index (χ3v) is 4.15. The molecule has 112 valence electrons. The molecule has 0 saturated carbocycles. The molecule has 1 aromatic rings. The average Bonchev–Trinajstić information content (AvgIpc) is 2.37. The predicted molar refractivity (Wildman–Crippen MR) is 75.0 cm³/mol. The number of benzene rings is 1. The molecule has 5 heteroatoms. The van der Waals surface area contributed by atoms with E-state index in [1.165, 1.54) is 6.07 Å². The monoisotopic (exact) mass is 286 g/mol. The van der Waals surface area contributed by atoms with Crippen LogP contribution in [-0.2, 0) is 6.18 Å². The molecule has 1 aliphatic rings. The van der Waals surface area contributed by atoms with E-state index < -0.39 is 11.7 Å². The maximum Gasteiger partial charge on any atom is 0.416 e. The lowest BCUT2D eigenvalue weighted by molar-refractivity contribution is -0.137. The first-order valence-corrected chi connectivity index (χ1v) is 6.93. The highest BCUT2D eigenvalue weighted by Crippen LogP contribution is 2.34. The maximum atomic E-state index is 12.8. The fraction of sp³-hybridized carbons (Fsp3) is 0.600. The lowest BCUT2D eigenvalue weighted by Gasteiger charge is -2.39. The fourth-order valence-corrected chi connectivity index (χ4v) is 2.92. The van der Waals surface area contributed by atoms with Crippen molar-refractivity contribution in [2.75, 3.05) is 25.0 Å². The average molecular weight is 286 g/mol. The Bertz CT molecular complexity index is 471. The first kappa shape index (κ1) is 15.2.